The molecule has 0 saturated carbocycles. The van der Waals surface area contributed by atoms with E-state index in [4.69, 9.17) is 4.74 Å². The van der Waals surface area contributed by atoms with E-state index in [0.29, 0.717) is 12.0 Å². The van der Waals surface area contributed by atoms with Crippen molar-refractivity contribution in [3.63, 3.8) is 0 Å². The fraction of sp³-hybridized carbons (Fsp3) is 0.857. The number of ether oxygens (including phenoxy) is 1. The third kappa shape index (κ3) is 3.33. The van der Waals surface area contributed by atoms with Crippen LogP contribution in [0.25, 0.3) is 0 Å². The van der Waals surface area contributed by atoms with Gasteiger partial charge in [-0.25, -0.2) is 0 Å². The van der Waals surface area contributed by atoms with E-state index in [-0.39, 0.29) is 11.7 Å². The van der Waals surface area contributed by atoms with Crippen molar-refractivity contribution in [2.75, 3.05) is 0 Å². The van der Waals surface area contributed by atoms with Crippen LogP contribution in [0.2, 0.25) is 0 Å². The molecule has 1 aliphatic rings. The maximum absolute atomic E-state index is 10.2. The monoisotopic (exact) mass is 226 g/mol. The first-order valence-corrected chi connectivity index (χ1v) is 6.35. The Balaban J connectivity index is 2.49. The lowest BCUT2D eigenvalue weighted by Crippen LogP contribution is -2.40. The quantitative estimate of drug-likeness (QED) is 0.729. The van der Waals surface area contributed by atoms with Crippen LogP contribution in [0.3, 0.4) is 0 Å². The Morgan fingerprint density at radius 3 is 2.62 bits per heavy atom. The lowest BCUT2D eigenvalue weighted by molar-refractivity contribution is -0.116. The fourth-order valence-electron chi connectivity index (χ4n) is 2.30. The van der Waals surface area contributed by atoms with Gasteiger partial charge in [0.15, 0.2) is 0 Å². The van der Waals surface area contributed by atoms with Crippen LogP contribution >= 0.6 is 0 Å². The van der Waals surface area contributed by atoms with Crippen molar-refractivity contribution >= 4 is 0 Å². The van der Waals surface area contributed by atoms with Gasteiger partial charge >= 0.3 is 0 Å². The highest BCUT2D eigenvalue weighted by atomic mass is 16.5. The minimum absolute atomic E-state index is 0.310. The summed E-state index contributed by atoms with van der Waals surface area (Å²) >= 11 is 0. The normalized spacial score (nSPS) is 32.0. The molecular weight excluding hydrogens is 200 g/mol. The van der Waals surface area contributed by atoms with Gasteiger partial charge in [-0.1, -0.05) is 19.4 Å². The van der Waals surface area contributed by atoms with Crippen molar-refractivity contribution in [2.45, 2.75) is 71.2 Å². The first kappa shape index (κ1) is 13.7. The molecule has 0 aromatic carbocycles. The highest BCUT2D eigenvalue weighted by Gasteiger charge is 2.42. The molecule has 94 valence electrons. The summed E-state index contributed by atoms with van der Waals surface area (Å²) in [5.41, 5.74) is 0.783. The minimum Gasteiger partial charge on any atom is -0.390 e. The fourth-order valence-corrected chi connectivity index (χ4v) is 2.30. The molecule has 16 heavy (non-hydrogen) atoms. The first-order valence-electron chi connectivity index (χ1n) is 6.35. The molecule has 1 heterocycles. The summed E-state index contributed by atoms with van der Waals surface area (Å²) in [7, 11) is 0. The van der Waals surface area contributed by atoms with Crippen LogP contribution in [-0.4, -0.2) is 22.9 Å². The van der Waals surface area contributed by atoms with E-state index in [9.17, 15) is 5.11 Å². The molecule has 2 heteroatoms. The first-order chi connectivity index (χ1) is 7.35. The van der Waals surface area contributed by atoms with Crippen LogP contribution < -0.4 is 0 Å². The van der Waals surface area contributed by atoms with E-state index in [2.05, 4.69) is 20.4 Å². The van der Waals surface area contributed by atoms with Gasteiger partial charge < -0.3 is 9.84 Å². The molecule has 0 aromatic rings. The second-order valence-corrected chi connectivity index (χ2v) is 5.76. The summed E-state index contributed by atoms with van der Waals surface area (Å²) in [6, 6.07) is 0. The molecular formula is C14H26O2. The van der Waals surface area contributed by atoms with Gasteiger partial charge in [0.1, 0.15) is 0 Å². The number of aliphatic hydroxyl groups is 1. The van der Waals surface area contributed by atoms with Gasteiger partial charge in [0.05, 0.1) is 17.8 Å². The van der Waals surface area contributed by atoms with Crippen molar-refractivity contribution < 1.29 is 9.84 Å². The Labute approximate surface area is 99.7 Å². The van der Waals surface area contributed by atoms with Crippen molar-refractivity contribution in [1.82, 2.24) is 0 Å². The average Bonchev–Trinajstić information content (AvgIpc) is 2.58. The Morgan fingerprint density at radius 1 is 1.56 bits per heavy atom. The highest BCUT2D eigenvalue weighted by molar-refractivity contribution is 4.95. The van der Waals surface area contributed by atoms with E-state index >= 15 is 0 Å². The van der Waals surface area contributed by atoms with E-state index in [1.807, 2.05) is 13.8 Å². The number of hydrogen-bond donors (Lipinski definition) is 1. The number of rotatable bonds is 5. The van der Waals surface area contributed by atoms with Crippen molar-refractivity contribution in [3.05, 3.63) is 12.2 Å². The second kappa shape index (κ2) is 5.33. The van der Waals surface area contributed by atoms with Gasteiger partial charge in [0.25, 0.3) is 0 Å². The summed E-state index contributed by atoms with van der Waals surface area (Å²) in [6.07, 6.45) is 3.62. The zero-order chi connectivity index (χ0) is 12.3. The molecule has 0 aromatic heterocycles. The van der Waals surface area contributed by atoms with Crippen LogP contribution in [0.15, 0.2) is 12.2 Å². The molecule has 1 rings (SSSR count). The van der Waals surface area contributed by atoms with Crippen molar-refractivity contribution in [1.29, 1.82) is 0 Å². The predicted octanol–water partition coefficient (Wildman–Crippen LogP) is 3.30. The molecule has 1 saturated heterocycles. The molecule has 0 spiro atoms. The predicted molar refractivity (Wildman–Crippen MR) is 67.4 cm³/mol. The molecule has 1 fully saturated rings. The molecule has 0 radical (unpaired) electrons. The van der Waals surface area contributed by atoms with Crippen LogP contribution in [0, 0.1) is 5.92 Å². The van der Waals surface area contributed by atoms with Crippen LogP contribution in [-0.2, 0) is 4.74 Å². The van der Waals surface area contributed by atoms with Gasteiger partial charge in [-0.2, -0.15) is 0 Å². The number of allylic oxidation sites excluding steroid dienone is 1. The summed E-state index contributed by atoms with van der Waals surface area (Å²) in [5, 5.41) is 10.2. The van der Waals surface area contributed by atoms with E-state index < -0.39 is 0 Å². The molecule has 0 amide bonds. The lowest BCUT2D eigenvalue weighted by atomic mass is 9.91. The maximum atomic E-state index is 10.2. The lowest BCUT2D eigenvalue weighted by Gasteiger charge is -2.31. The highest BCUT2D eigenvalue weighted by Crippen LogP contribution is 2.37. The molecule has 0 aliphatic carbocycles. The number of aliphatic hydroxyl groups excluding tert-OH is 1. The van der Waals surface area contributed by atoms with Gasteiger partial charge in [-0.05, 0) is 45.4 Å². The van der Waals surface area contributed by atoms with Crippen LogP contribution in [0.4, 0.5) is 0 Å². The minimum atomic E-state index is -0.368. The van der Waals surface area contributed by atoms with Crippen LogP contribution in [0.5, 0.6) is 0 Å². The van der Waals surface area contributed by atoms with Gasteiger partial charge in [-0.15, -0.1) is 6.58 Å². The third-order valence-electron chi connectivity index (χ3n) is 3.64. The Hall–Kier alpha value is -0.340. The molecule has 1 N–H and O–H groups in total. The summed E-state index contributed by atoms with van der Waals surface area (Å²) in [6.45, 7) is 12.3. The average molecular weight is 226 g/mol. The summed E-state index contributed by atoms with van der Waals surface area (Å²) in [4.78, 5) is 0. The van der Waals surface area contributed by atoms with Gasteiger partial charge in [0.2, 0.25) is 0 Å². The van der Waals surface area contributed by atoms with Gasteiger partial charge in [0, 0.05) is 0 Å². The van der Waals surface area contributed by atoms with E-state index in [1.54, 1.807) is 0 Å². The number of hydrogen-bond acceptors (Lipinski definition) is 2. The summed E-state index contributed by atoms with van der Waals surface area (Å²) in [5.74, 6) is 0.537. The van der Waals surface area contributed by atoms with Crippen molar-refractivity contribution in [2.24, 2.45) is 5.92 Å². The smallest absolute Gasteiger partial charge is 0.0917 e. The zero-order valence-electron chi connectivity index (χ0n) is 11.1. The van der Waals surface area contributed by atoms with E-state index in [0.717, 1.165) is 31.3 Å². The molecule has 1 aliphatic heterocycles. The Bertz CT molecular complexity index is 247. The zero-order valence-corrected chi connectivity index (χ0v) is 11.1. The van der Waals surface area contributed by atoms with Gasteiger partial charge in [-0.3, -0.25) is 0 Å². The Morgan fingerprint density at radius 2 is 2.19 bits per heavy atom. The second-order valence-electron chi connectivity index (χ2n) is 5.76. The topological polar surface area (TPSA) is 29.5 Å². The SMILES string of the molecule is C=C(C)CC[C@@H](O)[C@@]1(C)CC[C@H](C(C)C)O1. The molecule has 2 nitrogen and oxygen atoms in total. The molecule has 3 atom stereocenters. The van der Waals surface area contributed by atoms with Crippen molar-refractivity contribution in [3.8, 4) is 0 Å². The summed E-state index contributed by atoms with van der Waals surface area (Å²) < 4.78 is 6.02. The van der Waals surface area contributed by atoms with E-state index in [1.165, 1.54) is 0 Å². The maximum Gasteiger partial charge on any atom is 0.0917 e. The largest absolute Gasteiger partial charge is 0.390 e. The van der Waals surface area contributed by atoms with Crippen LogP contribution in [0.1, 0.15) is 53.4 Å². The third-order valence-corrected chi connectivity index (χ3v) is 3.64. The molecule has 0 unspecified atom stereocenters. The molecule has 0 bridgehead atoms. The Kier molecular flexibility index (Phi) is 4.57. The standard InChI is InChI=1S/C14H26O2/c1-10(2)6-7-13(15)14(5)9-8-12(16-14)11(3)4/h11-13,15H,1,6-9H2,2-5H3/t12-,13-,14-/m1/s1.